The van der Waals surface area contributed by atoms with Gasteiger partial charge in [-0.3, -0.25) is 4.79 Å². The van der Waals surface area contributed by atoms with Gasteiger partial charge in [0.2, 0.25) is 0 Å². The average Bonchev–Trinajstić information content (AvgIpc) is 2.91. The van der Waals surface area contributed by atoms with E-state index in [1.165, 1.54) is 6.26 Å². The van der Waals surface area contributed by atoms with Crippen molar-refractivity contribution in [3.05, 3.63) is 93.9 Å². The van der Waals surface area contributed by atoms with Gasteiger partial charge in [0.05, 0.1) is 28.7 Å². The number of sulfone groups is 1. The molecule has 0 aliphatic carbocycles. The minimum Gasteiger partial charge on any atom is -0.377 e. The molecule has 4 aromatic rings. The molecule has 0 unspecified atom stereocenters. The number of nitrogens with one attached hydrogen (secondary N) is 1. The largest absolute Gasteiger partial charge is 0.377 e. The molecule has 5 rings (SSSR count). The lowest BCUT2D eigenvalue weighted by atomic mass is 9.94. The van der Waals surface area contributed by atoms with Crippen molar-refractivity contribution in [3.8, 4) is 0 Å². The summed E-state index contributed by atoms with van der Waals surface area (Å²) in [7, 11) is -1.58. The lowest BCUT2D eigenvalue weighted by Crippen LogP contribution is -2.30. The standard InChI is InChI=1S/C30H33N5O3S/c1-19-14-24(20(2)33-27-8-6-7-9-29(27)39(5,37)38)25-16-28(34(4)30(36)26(25)15-19)22-10-12-35(13-11-22)23-17-31-21(3)32-18-23/h6-10,14-18,20,33H,11-13H2,1-5H3/t20-/m1/s1. The Morgan fingerprint density at radius 3 is 2.41 bits per heavy atom. The van der Waals surface area contributed by atoms with Crippen LogP contribution in [0.25, 0.3) is 16.3 Å². The Kier molecular flexibility index (Phi) is 7.03. The zero-order valence-corrected chi connectivity index (χ0v) is 23.7. The van der Waals surface area contributed by atoms with Gasteiger partial charge in [-0.05, 0) is 73.5 Å². The molecule has 3 heterocycles. The molecular weight excluding hydrogens is 510 g/mol. The molecule has 1 aliphatic rings. The molecule has 1 atom stereocenters. The van der Waals surface area contributed by atoms with Gasteiger partial charge < -0.3 is 14.8 Å². The van der Waals surface area contributed by atoms with Crippen molar-refractivity contribution in [3.63, 3.8) is 0 Å². The Morgan fingerprint density at radius 2 is 1.74 bits per heavy atom. The minimum atomic E-state index is -3.41. The van der Waals surface area contributed by atoms with Gasteiger partial charge in [0.15, 0.2) is 9.84 Å². The highest BCUT2D eigenvalue weighted by molar-refractivity contribution is 7.90. The summed E-state index contributed by atoms with van der Waals surface area (Å²) in [5.41, 5.74) is 5.40. The van der Waals surface area contributed by atoms with Gasteiger partial charge in [-0.25, -0.2) is 18.4 Å². The fourth-order valence-corrected chi connectivity index (χ4v) is 6.11. The summed E-state index contributed by atoms with van der Waals surface area (Å²) in [5.74, 6) is 0.743. The van der Waals surface area contributed by atoms with E-state index < -0.39 is 9.84 Å². The Bertz CT molecular complexity index is 1760. The summed E-state index contributed by atoms with van der Waals surface area (Å²) in [6.07, 6.45) is 7.85. The second-order valence-corrected chi connectivity index (χ2v) is 12.2. The van der Waals surface area contributed by atoms with Crippen LogP contribution < -0.4 is 15.8 Å². The molecule has 1 N–H and O–H groups in total. The lowest BCUT2D eigenvalue weighted by molar-refractivity contribution is 0.602. The molecule has 0 saturated heterocycles. The molecule has 0 amide bonds. The molecule has 9 heteroatoms. The van der Waals surface area contributed by atoms with Crippen LogP contribution in [0.4, 0.5) is 11.4 Å². The Morgan fingerprint density at radius 1 is 1.03 bits per heavy atom. The summed E-state index contributed by atoms with van der Waals surface area (Å²) >= 11 is 0. The quantitative estimate of drug-likeness (QED) is 0.373. The van der Waals surface area contributed by atoms with Crippen LogP contribution >= 0.6 is 0 Å². The van der Waals surface area contributed by atoms with E-state index >= 15 is 0 Å². The molecule has 0 bridgehead atoms. The van der Waals surface area contributed by atoms with Crippen LogP contribution in [0, 0.1) is 13.8 Å². The highest BCUT2D eigenvalue weighted by Crippen LogP contribution is 2.32. The van der Waals surface area contributed by atoms with Crippen molar-refractivity contribution in [2.45, 2.75) is 38.1 Å². The summed E-state index contributed by atoms with van der Waals surface area (Å²) in [6, 6.07) is 12.8. The SMILES string of the molecule is Cc1cc([C@@H](C)Nc2ccccc2S(C)(=O)=O)c2cc(C3=CCN(c4cnc(C)nc4)CC3)n(C)c(=O)c2c1. The number of anilines is 2. The van der Waals surface area contributed by atoms with Gasteiger partial charge in [0.25, 0.3) is 5.56 Å². The number of pyridine rings is 1. The predicted octanol–water partition coefficient (Wildman–Crippen LogP) is 4.82. The molecule has 202 valence electrons. The monoisotopic (exact) mass is 543 g/mol. The minimum absolute atomic E-state index is 0.0496. The van der Waals surface area contributed by atoms with E-state index in [0.717, 1.165) is 52.3 Å². The zero-order valence-electron chi connectivity index (χ0n) is 22.9. The Hall–Kier alpha value is -3.98. The molecular formula is C30H33N5O3S. The smallest absolute Gasteiger partial charge is 0.258 e. The van der Waals surface area contributed by atoms with E-state index in [4.69, 9.17) is 0 Å². The molecule has 0 spiro atoms. The summed E-state index contributed by atoms with van der Waals surface area (Å²) in [6.45, 7) is 7.33. The van der Waals surface area contributed by atoms with Crippen LogP contribution in [0.15, 0.2) is 70.6 Å². The number of rotatable bonds is 6. The van der Waals surface area contributed by atoms with Crippen molar-refractivity contribution >= 4 is 37.6 Å². The van der Waals surface area contributed by atoms with E-state index in [-0.39, 0.29) is 16.5 Å². The number of hydrogen-bond donors (Lipinski definition) is 1. The van der Waals surface area contributed by atoms with Crippen LogP contribution in [-0.2, 0) is 16.9 Å². The first-order valence-electron chi connectivity index (χ1n) is 13.0. The second-order valence-electron chi connectivity index (χ2n) is 10.3. The first-order valence-corrected chi connectivity index (χ1v) is 14.8. The van der Waals surface area contributed by atoms with E-state index in [0.29, 0.717) is 17.6 Å². The van der Waals surface area contributed by atoms with E-state index in [2.05, 4.69) is 38.4 Å². The average molecular weight is 544 g/mol. The van der Waals surface area contributed by atoms with Gasteiger partial charge in [0.1, 0.15) is 5.82 Å². The number of aryl methyl sites for hydroxylation is 2. The van der Waals surface area contributed by atoms with Crippen LogP contribution in [-0.4, -0.2) is 42.3 Å². The maximum atomic E-state index is 13.6. The normalized spacial score (nSPS) is 14.8. The van der Waals surface area contributed by atoms with E-state index in [9.17, 15) is 13.2 Å². The molecule has 0 radical (unpaired) electrons. The van der Waals surface area contributed by atoms with Crippen LogP contribution in [0.5, 0.6) is 0 Å². The number of benzene rings is 2. The fraction of sp³-hybridized carbons (Fsp3) is 0.300. The summed E-state index contributed by atoms with van der Waals surface area (Å²) in [5, 5.41) is 4.91. The first kappa shape index (κ1) is 26.6. The van der Waals surface area contributed by atoms with Crippen LogP contribution in [0.1, 0.15) is 42.0 Å². The van der Waals surface area contributed by atoms with E-state index in [1.807, 2.05) is 52.3 Å². The Labute approximate surface area is 229 Å². The fourth-order valence-electron chi connectivity index (χ4n) is 5.26. The molecule has 2 aromatic carbocycles. The highest BCUT2D eigenvalue weighted by Gasteiger charge is 2.21. The molecule has 2 aromatic heterocycles. The number of fused-ring (bicyclic) bond motifs is 1. The molecule has 0 saturated carbocycles. The third-order valence-corrected chi connectivity index (χ3v) is 8.48. The molecule has 39 heavy (non-hydrogen) atoms. The summed E-state index contributed by atoms with van der Waals surface area (Å²) < 4.78 is 26.5. The maximum Gasteiger partial charge on any atom is 0.258 e. The third kappa shape index (κ3) is 5.31. The van der Waals surface area contributed by atoms with Crippen molar-refractivity contribution in [2.24, 2.45) is 7.05 Å². The van der Waals surface area contributed by atoms with E-state index in [1.54, 1.807) is 22.8 Å². The lowest BCUT2D eigenvalue weighted by Gasteiger charge is -2.29. The zero-order chi connectivity index (χ0) is 27.9. The number of para-hydroxylation sites is 1. The number of hydrogen-bond acceptors (Lipinski definition) is 7. The van der Waals surface area contributed by atoms with Crippen molar-refractivity contribution in [1.82, 2.24) is 14.5 Å². The van der Waals surface area contributed by atoms with Gasteiger partial charge >= 0.3 is 0 Å². The van der Waals surface area contributed by atoms with Gasteiger partial charge in [-0.2, -0.15) is 0 Å². The topological polar surface area (TPSA) is 97.2 Å². The van der Waals surface area contributed by atoms with Gasteiger partial charge in [-0.1, -0.05) is 24.3 Å². The third-order valence-electron chi connectivity index (χ3n) is 7.33. The van der Waals surface area contributed by atoms with Gasteiger partial charge in [0, 0.05) is 43.5 Å². The first-order chi connectivity index (χ1) is 18.5. The maximum absolute atomic E-state index is 13.6. The summed E-state index contributed by atoms with van der Waals surface area (Å²) in [4.78, 5) is 24.7. The molecule has 8 nitrogen and oxygen atoms in total. The molecule has 1 aliphatic heterocycles. The number of nitrogens with zero attached hydrogens (tertiary/aromatic N) is 4. The number of aromatic nitrogens is 3. The van der Waals surface area contributed by atoms with Crippen molar-refractivity contribution in [2.75, 3.05) is 29.6 Å². The van der Waals surface area contributed by atoms with Crippen molar-refractivity contribution in [1.29, 1.82) is 0 Å². The van der Waals surface area contributed by atoms with Crippen LogP contribution in [0.2, 0.25) is 0 Å². The van der Waals surface area contributed by atoms with Crippen LogP contribution in [0.3, 0.4) is 0 Å². The van der Waals surface area contributed by atoms with Crippen molar-refractivity contribution < 1.29 is 8.42 Å². The highest BCUT2D eigenvalue weighted by atomic mass is 32.2. The van der Waals surface area contributed by atoms with Gasteiger partial charge in [-0.15, -0.1) is 0 Å². The molecule has 0 fully saturated rings. The second kappa shape index (κ2) is 10.3. The Balaban J connectivity index is 1.54. The predicted molar refractivity (Wildman–Crippen MR) is 157 cm³/mol.